The van der Waals surface area contributed by atoms with E-state index in [4.69, 9.17) is 0 Å². The van der Waals surface area contributed by atoms with Crippen LogP contribution < -0.4 is 10.6 Å². The van der Waals surface area contributed by atoms with Crippen molar-refractivity contribution in [3.8, 4) is 0 Å². The van der Waals surface area contributed by atoms with Gasteiger partial charge in [-0.1, -0.05) is 13.8 Å². The molecule has 0 saturated carbocycles. The van der Waals surface area contributed by atoms with Crippen molar-refractivity contribution in [2.75, 3.05) is 13.6 Å². The van der Waals surface area contributed by atoms with Crippen molar-refractivity contribution in [1.82, 2.24) is 10.6 Å². The highest BCUT2D eigenvalue weighted by Gasteiger charge is 2.28. The molecule has 0 aliphatic heterocycles. The van der Waals surface area contributed by atoms with Crippen LogP contribution in [0.15, 0.2) is 0 Å². The molecule has 0 spiro atoms. The van der Waals surface area contributed by atoms with Gasteiger partial charge in [0.15, 0.2) is 0 Å². The molecule has 0 saturated heterocycles. The molecular weight excluding hydrogens is 204 g/mol. The van der Waals surface area contributed by atoms with Crippen LogP contribution in [0.3, 0.4) is 0 Å². The van der Waals surface area contributed by atoms with Crippen LogP contribution in [0.25, 0.3) is 0 Å². The minimum atomic E-state index is -0.350. The molecule has 0 heterocycles. The van der Waals surface area contributed by atoms with Crippen molar-refractivity contribution < 1.29 is 9.90 Å². The van der Waals surface area contributed by atoms with Crippen molar-refractivity contribution in [2.24, 2.45) is 5.41 Å². The van der Waals surface area contributed by atoms with E-state index in [9.17, 15) is 9.90 Å². The number of hydrogen-bond donors (Lipinski definition) is 3. The predicted octanol–water partition coefficient (Wildman–Crippen LogP) is 0.898. The Hall–Kier alpha value is -0.610. The highest BCUT2D eigenvalue weighted by molar-refractivity contribution is 5.76. The van der Waals surface area contributed by atoms with Crippen LogP contribution in [-0.2, 0) is 4.79 Å². The summed E-state index contributed by atoms with van der Waals surface area (Å²) in [5.74, 6) is 0.0373. The Morgan fingerprint density at radius 3 is 2.38 bits per heavy atom. The SMILES string of the molecule is CCC(C)(CNC(C)CC(=O)NC)C(C)O. The fourth-order valence-corrected chi connectivity index (χ4v) is 1.43. The van der Waals surface area contributed by atoms with Gasteiger partial charge in [0, 0.05) is 31.5 Å². The first-order chi connectivity index (χ1) is 7.35. The van der Waals surface area contributed by atoms with Gasteiger partial charge in [-0.2, -0.15) is 0 Å². The zero-order valence-electron chi connectivity index (χ0n) is 11.1. The third-order valence-electron chi connectivity index (χ3n) is 3.44. The van der Waals surface area contributed by atoms with E-state index < -0.39 is 0 Å². The first-order valence-corrected chi connectivity index (χ1v) is 5.97. The number of hydrogen-bond acceptors (Lipinski definition) is 3. The van der Waals surface area contributed by atoms with E-state index in [1.54, 1.807) is 7.05 Å². The highest BCUT2D eigenvalue weighted by Crippen LogP contribution is 2.24. The number of aliphatic hydroxyl groups is 1. The number of amides is 1. The lowest BCUT2D eigenvalue weighted by Gasteiger charge is -2.33. The summed E-state index contributed by atoms with van der Waals surface area (Å²) in [5.41, 5.74) is -0.128. The van der Waals surface area contributed by atoms with Gasteiger partial charge in [0.1, 0.15) is 0 Å². The Morgan fingerprint density at radius 2 is 2.00 bits per heavy atom. The molecule has 3 N–H and O–H groups in total. The van der Waals surface area contributed by atoms with Gasteiger partial charge in [-0.25, -0.2) is 0 Å². The molecule has 1 amide bonds. The van der Waals surface area contributed by atoms with E-state index in [0.717, 1.165) is 13.0 Å². The van der Waals surface area contributed by atoms with Gasteiger partial charge in [-0.05, 0) is 20.3 Å². The molecule has 0 aromatic rings. The molecule has 4 heteroatoms. The molecule has 4 nitrogen and oxygen atoms in total. The fraction of sp³-hybridized carbons (Fsp3) is 0.917. The first-order valence-electron chi connectivity index (χ1n) is 5.97. The quantitative estimate of drug-likeness (QED) is 0.609. The summed E-state index contributed by atoms with van der Waals surface area (Å²) in [6.45, 7) is 8.64. The normalized spacial score (nSPS) is 18.6. The maximum Gasteiger partial charge on any atom is 0.221 e. The maximum atomic E-state index is 11.1. The van der Waals surface area contributed by atoms with E-state index in [1.807, 2.05) is 13.8 Å². The Labute approximate surface area is 98.8 Å². The molecule has 3 unspecified atom stereocenters. The lowest BCUT2D eigenvalue weighted by Crippen LogP contribution is -2.43. The van der Waals surface area contributed by atoms with Crippen LogP contribution in [0.1, 0.15) is 40.5 Å². The fourth-order valence-electron chi connectivity index (χ4n) is 1.43. The molecule has 0 radical (unpaired) electrons. The summed E-state index contributed by atoms with van der Waals surface area (Å²) in [7, 11) is 1.64. The van der Waals surface area contributed by atoms with Crippen LogP contribution in [0.2, 0.25) is 0 Å². The standard InChI is InChI=1S/C12H26N2O2/c1-6-12(4,10(3)15)8-14-9(2)7-11(16)13-5/h9-10,14-15H,6-8H2,1-5H3,(H,13,16). The lowest BCUT2D eigenvalue weighted by atomic mass is 9.82. The van der Waals surface area contributed by atoms with Crippen molar-refractivity contribution in [3.05, 3.63) is 0 Å². The smallest absolute Gasteiger partial charge is 0.221 e. The second kappa shape index (κ2) is 6.86. The average Bonchev–Trinajstić information content (AvgIpc) is 2.25. The Morgan fingerprint density at radius 1 is 1.44 bits per heavy atom. The molecule has 0 fully saturated rings. The van der Waals surface area contributed by atoms with Gasteiger partial charge in [0.05, 0.1) is 6.10 Å². The van der Waals surface area contributed by atoms with Crippen molar-refractivity contribution >= 4 is 5.91 Å². The van der Waals surface area contributed by atoms with Crippen LogP contribution in [0.5, 0.6) is 0 Å². The molecular formula is C12H26N2O2. The van der Waals surface area contributed by atoms with Gasteiger partial charge >= 0.3 is 0 Å². The Bertz CT molecular complexity index is 219. The maximum absolute atomic E-state index is 11.1. The number of carbonyl (C=O) groups excluding carboxylic acids is 1. The van der Waals surface area contributed by atoms with E-state index in [0.29, 0.717) is 6.42 Å². The third kappa shape index (κ3) is 4.94. The van der Waals surface area contributed by atoms with Crippen molar-refractivity contribution in [2.45, 2.75) is 52.7 Å². The molecule has 0 aromatic heterocycles. The Kier molecular flexibility index (Phi) is 6.60. The second-order valence-electron chi connectivity index (χ2n) is 4.84. The van der Waals surface area contributed by atoms with Gasteiger partial charge < -0.3 is 15.7 Å². The third-order valence-corrected chi connectivity index (χ3v) is 3.44. The van der Waals surface area contributed by atoms with Crippen LogP contribution >= 0.6 is 0 Å². The van der Waals surface area contributed by atoms with Gasteiger partial charge in [-0.15, -0.1) is 0 Å². The molecule has 0 aliphatic rings. The summed E-state index contributed by atoms with van der Waals surface area (Å²) in [5, 5.41) is 15.6. The number of aliphatic hydroxyl groups excluding tert-OH is 1. The van der Waals surface area contributed by atoms with Crippen LogP contribution in [0, 0.1) is 5.41 Å². The topological polar surface area (TPSA) is 61.4 Å². The molecule has 3 atom stereocenters. The number of carbonyl (C=O) groups is 1. The summed E-state index contributed by atoms with van der Waals surface area (Å²) in [4.78, 5) is 11.1. The first kappa shape index (κ1) is 15.4. The average molecular weight is 230 g/mol. The summed E-state index contributed by atoms with van der Waals surface area (Å²) < 4.78 is 0. The molecule has 0 bridgehead atoms. The molecule has 0 aliphatic carbocycles. The Balaban J connectivity index is 4.07. The van der Waals surface area contributed by atoms with Crippen molar-refractivity contribution in [3.63, 3.8) is 0 Å². The van der Waals surface area contributed by atoms with Gasteiger partial charge in [-0.3, -0.25) is 4.79 Å². The zero-order valence-corrected chi connectivity index (χ0v) is 11.1. The van der Waals surface area contributed by atoms with Crippen LogP contribution in [-0.4, -0.2) is 36.8 Å². The lowest BCUT2D eigenvalue weighted by molar-refractivity contribution is -0.121. The van der Waals surface area contributed by atoms with Crippen LogP contribution in [0.4, 0.5) is 0 Å². The van der Waals surface area contributed by atoms with Crippen molar-refractivity contribution in [1.29, 1.82) is 0 Å². The minimum absolute atomic E-state index is 0.0373. The minimum Gasteiger partial charge on any atom is -0.393 e. The predicted molar refractivity (Wildman–Crippen MR) is 66.2 cm³/mol. The summed E-state index contributed by atoms with van der Waals surface area (Å²) >= 11 is 0. The largest absolute Gasteiger partial charge is 0.393 e. The number of nitrogens with one attached hydrogen (secondary N) is 2. The number of rotatable bonds is 7. The molecule has 16 heavy (non-hydrogen) atoms. The monoisotopic (exact) mass is 230 g/mol. The van der Waals surface area contributed by atoms with E-state index in [-0.39, 0.29) is 23.5 Å². The van der Waals surface area contributed by atoms with Gasteiger partial charge in [0.2, 0.25) is 5.91 Å². The van der Waals surface area contributed by atoms with E-state index in [2.05, 4.69) is 24.5 Å². The zero-order chi connectivity index (χ0) is 12.8. The molecule has 96 valence electrons. The van der Waals surface area contributed by atoms with E-state index >= 15 is 0 Å². The summed E-state index contributed by atoms with van der Waals surface area (Å²) in [6.07, 6.45) is 1.03. The van der Waals surface area contributed by atoms with Gasteiger partial charge in [0.25, 0.3) is 0 Å². The highest BCUT2D eigenvalue weighted by atomic mass is 16.3. The summed E-state index contributed by atoms with van der Waals surface area (Å²) in [6, 6.07) is 0.129. The molecule has 0 aromatic carbocycles. The molecule has 0 rings (SSSR count). The second-order valence-corrected chi connectivity index (χ2v) is 4.84. The van der Waals surface area contributed by atoms with E-state index in [1.165, 1.54) is 0 Å².